The fourth-order valence-corrected chi connectivity index (χ4v) is 5.29. The van der Waals surface area contributed by atoms with E-state index in [9.17, 15) is 0 Å². The van der Waals surface area contributed by atoms with Crippen molar-refractivity contribution in [2.24, 2.45) is 0 Å². The Labute approximate surface area is 207 Å². The summed E-state index contributed by atoms with van der Waals surface area (Å²) in [5.74, 6) is 0.593. The lowest BCUT2D eigenvalue weighted by atomic mass is 10.0. The number of aromatic nitrogens is 4. The second-order valence-electron chi connectivity index (χ2n) is 9.82. The molecule has 0 N–H and O–H groups in total. The number of fused-ring (bicyclic) bond motifs is 1. The van der Waals surface area contributed by atoms with Crippen molar-refractivity contribution in [3.05, 3.63) is 53.6 Å². The molecule has 8 nitrogen and oxygen atoms in total. The highest BCUT2D eigenvalue weighted by molar-refractivity contribution is 5.65. The Morgan fingerprint density at radius 3 is 2.54 bits per heavy atom. The molecular formula is C27H36N6O2. The maximum Gasteiger partial charge on any atom is 0.213 e. The van der Waals surface area contributed by atoms with E-state index < -0.39 is 0 Å². The highest BCUT2D eigenvalue weighted by Gasteiger charge is 2.30. The van der Waals surface area contributed by atoms with E-state index in [1.54, 1.807) is 7.11 Å². The molecule has 5 rings (SSSR count). The Morgan fingerprint density at radius 1 is 1.06 bits per heavy atom. The van der Waals surface area contributed by atoms with Crippen molar-refractivity contribution in [1.82, 2.24) is 29.5 Å². The summed E-state index contributed by atoms with van der Waals surface area (Å²) in [6.45, 7) is 10.4. The summed E-state index contributed by atoms with van der Waals surface area (Å²) >= 11 is 0. The average Bonchev–Trinajstić information content (AvgIpc) is 3.07. The van der Waals surface area contributed by atoms with Gasteiger partial charge in [0.1, 0.15) is 0 Å². The first-order valence-corrected chi connectivity index (χ1v) is 12.6. The first-order chi connectivity index (χ1) is 17.0. The molecule has 0 amide bonds. The zero-order chi connectivity index (χ0) is 24.5. The summed E-state index contributed by atoms with van der Waals surface area (Å²) < 4.78 is 13.1. The molecule has 8 heteroatoms. The Balaban J connectivity index is 1.50. The van der Waals surface area contributed by atoms with Crippen LogP contribution in [0, 0.1) is 0 Å². The topological polar surface area (TPSA) is 68.5 Å². The lowest BCUT2D eigenvalue weighted by molar-refractivity contribution is 0.0367. The second-order valence-corrected chi connectivity index (χ2v) is 9.82. The van der Waals surface area contributed by atoms with Gasteiger partial charge in [0.25, 0.3) is 0 Å². The molecule has 186 valence electrons. The predicted molar refractivity (Wildman–Crippen MR) is 136 cm³/mol. The molecule has 2 aliphatic heterocycles. The first kappa shape index (κ1) is 23.9. The normalized spacial score (nSPS) is 22.4. The molecule has 3 aromatic heterocycles. The molecule has 1 saturated heterocycles. The summed E-state index contributed by atoms with van der Waals surface area (Å²) in [4.78, 5) is 14.2. The first-order valence-electron chi connectivity index (χ1n) is 12.6. The largest absolute Gasteiger partial charge is 0.481 e. The maximum atomic E-state index is 5.82. The van der Waals surface area contributed by atoms with E-state index in [4.69, 9.17) is 19.6 Å². The Bertz CT molecular complexity index is 1150. The van der Waals surface area contributed by atoms with Crippen LogP contribution < -0.4 is 4.74 Å². The number of pyridine rings is 2. The van der Waals surface area contributed by atoms with Gasteiger partial charge in [-0.1, -0.05) is 0 Å². The van der Waals surface area contributed by atoms with Gasteiger partial charge >= 0.3 is 0 Å². The Kier molecular flexibility index (Phi) is 6.86. The van der Waals surface area contributed by atoms with Crippen molar-refractivity contribution < 1.29 is 9.47 Å². The molecule has 0 aliphatic carbocycles. The van der Waals surface area contributed by atoms with E-state index in [0.29, 0.717) is 31.2 Å². The zero-order valence-electron chi connectivity index (χ0n) is 21.4. The monoisotopic (exact) mass is 476 g/mol. The van der Waals surface area contributed by atoms with Gasteiger partial charge in [0.05, 0.1) is 49.3 Å². The standard InChI is InChI=1S/C27H36N6O2/c1-18-16-32(17-19(2)31(18)4)20(3)24-14-21(8-11-28-24)27-23-9-12-35-13-10-25(23)33(30-27)22-6-7-26(34-5)29-15-22/h6-8,11,14-15,18-20H,9-10,12-13,16-17H2,1-5H3/t18-,19+,20-/m0/s1. The number of likely N-dealkylation sites (N-methyl/N-ethyl adjacent to an activating group) is 1. The van der Waals surface area contributed by atoms with Crippen molar-refractivity contribution >= 4 is 0 Å². The van der Waals surface area contributed by atoms with Gasteiger partial charge in [-0.15, -0.1) is 0 Å². The molecule has 3 aromatic rings. The van der Waals surface area contributed by atoms with Crippen LogP contribution >= 0.6 is 0 Å². The van der Waals surface area contributed by atoms with Crippen LogP contribution in [0.1, 0.15) is 43.8 Å². The number of rotatable bonds is 5. The molecule has 35 heavy (non-hydrogen) atoms. The number of hydrogen-bond donors (Lipinski definition) is 0. The molecule has 0 radical (unpaired) electrons. The van der Waals surface area contributed by atoms with E-state index in [1.807, 2.05) is 29.2 Å². The summed E-state index contributed by atoms with van der Waals surface area (Å²) in [5.41, 5.74) is 6.58. The van der Waals surface area contributed by atoms with Gasteiger partial charge in [-0.2, -0.15) is 5.10 Å². The van der Waals surface area contributed by atoms with E-state index >= 15 is 0 Å². The predicted octanol–water partition coefficient (Wildman–Crippen LogP) is 3.54. The van der Waals surface area contributed by atoms with Gasteiger partial charge in [0.15, 0.2) is 0 Å². The van der Waals surface area contributed by atoms with Crippen molar-refractivity contribution in [3.8, 4) is 22.8 Å². The van der Waals surface area contributed by atoms with Crippen LogP contribution in [0.2, 0.25) is 0 Å². The molecule has 5 heterocycles. The third-order valence-electron chi connectivity index (χ3n) is 7.66. The van der Waals surface area contributed by atoms with Crippen LogP contribution in [0.25, 0.3) is 16.9 Å². The van der Waals surface area contributed by atoms with Gasteiger partial charge in [-0.25, -0.2) is 9.67 Å². The summed E-state index contributed by atoms with van der Waals surface area (Å²) in [6.07, 6.45) is 5.41. The van der Waals surface area contributed by atoms with Crippen molar-refractivity contribution in [2.45, 2.75) is 51.7 Å². The van der Waals surface area contributed by atoms with Gasteiger partial charge in [0, 0.05) is 61.0 Å². The van der Waals surface area contributed by atoms with E-state index in [0.717, 1.165) is 48.6 Å². The second kappa shape index (κ2) is 10.0. The van der Waals surface area contributed by atoms with Crippen LogP contribution in [0.5, 0.6) is 5.88 Å². The van der Waals surface area contributed by atoms with Gasteiger partial charge in [0.2, 0.25) is 5.88 Å². The molecule has 0 aromatic carbocycles. The van der Waals surface area contributed by atoms with Gasteiger partial charge in [-0.05, 0) is 52.4 Å². The van der Waals surface area contributed by atoms with Crippen LogP contribution in [0.4, 0.5) is 0 Å². The molecular weight excluding hydrogens is 440 g/mol. The minimum atomic E-state index is 0.239. The fourth-order valence-electron chi connectivity index (χ4n) is 5.29. The smallest absolute Gasteiger partial charge is 0.213 e. The van der Waals surface area contributed by atoms with Crippen molar-refractivity contribution in [2.75, 3.05) is 40.5 Å². The number of piperazine rings is 1. The third kappa shape index (κ3) is 4.70. The highest BCUT2D eigenvalue weighted by atomic mass is 16.5. The van der Waals surface area contributed by atoms with Crippen LogP contribution in [-0.2, 0) is 17.6 Å². The zero-order valence-corrected chi connectivity index (χ0v) is 21.4. The Morgan fingerprint density at radius 2 is 1.83 bits per heavy atom. The number of hydrogen-bond acceptors (Lipinski definition) is 7. The minimum absolute atomic E-state index is 0.239. The highest BCUT2D eigenvalue weighted by Crippen LogP contribution is 2.32. The van der Waals surface area contributed by atoms with E-state index in [1.165, 1.54) is 11.3 Å². The SMILES string of the molecule is COc1ccc(-n2nc(-c3ccnc([C@H](C)N4C[C@@H](C)N(C)[C@@H](C)C4)c3)c3c2CCOCC3)cn1. The fraction of sp³-hybridized carbons (Fsp3) is 0.519. The molecule has 0 spiro atoms. The Hall–Kier alpha value is -2.81. The maximum absolute atomic E-state index is 5.82. The molecule has 0 bridgehead atoms. The van der Waals surface area contributed by atoms with E-state index in [-0.39, 0.29) is 6.04 Å². The third-order valence-corrected chi connectivity index (χ3v) is 7.66. The van der Waals surface area contributed by atoms with Crippen molar-refractivity contribution in [3.63, 3.8) is 0 Å². The molecule has 1 fully saturated rings. The average molecular weight is 477 g/mol. The summed E-state index contributed by atoms with van der Waals surface area (Å²) in [7, 11) is 3.85. The number of ether oxygens (including phenoxy) is 2. The summed E-state index contributed by atoms with van der Waals surface area (Å²) in [5, 5.41) is 5.11. The van der Waals surface area contributed by atoms with E-state index in [2.05, 4.69) is 54.7 Å². The molecule has 0 saturated carbocycles. The van der Waals surface area contributed by atoms with Gasteiger partial charge in [-0.3, -0.25) is 14.8 Å². The van der Waals surface area contributed by atoms with Crippen LogP contribution in [0.3, 0.4) is 0 Å². The lowest BCUT2D eigenvalue weighted by Crippen LogP contribution is -2.55. The number of methoxy groups -OCH3 is 1. The molecule has 2 aliphatic rings. The summed E-state index contributed by atoms with van der Waals surface area (Å²) in [6, 6.07) is 9.47. The number of nitrogens with zero attached hydrogens (tertiary/aromatic N) is 6. The van der Waals surface area contributed by atoms with Crippen LogP contribution in [0.15, 0.2) is 36.7 Å². The lowest BCUT2D eigenvalue weighted by Gasteiger charge is -2.44. The minimum Gasteiger partial charge on any atom is -0.481 e. The molecule has 0 unspecified atom stereocenters. The quantitative estimate of drug-likeness (QED) is 0.558. The van der Waals surface area contributed by atoms with Gasteiger partial charge < -0.3 is 9.47 Å². The van der Waals surface area contributed by atoms with Crippen LogP contribution in [-0.4, -0.2) is 82.1 Å². The van der Waals surface area contributed by atoms with Crippen molar-refractivity contribution in [1.29, 1.82) is 0 Å². The molecule has 3 atom stereocenters.